The van der Waals surface area contributed by atoms with Gasteiger partial charge in [-0.15, -0.1) is 0 Å². The van der Waals surface area contributed by atoms with Gasteiger partial charge in [0.2, 0.25) is 0 Å². The van der Waals surface area contributed by atoms with Crippen molar-refractivity contribution in [1.82, 2.24) is 5.32 Å². The van der Waals surface area contributed by atoms with Crippen LogP contribution in [-0.4, -0.2) is 12.3 Å². The van der Waals surface area contributed by atoms with Crippen LogP contribution in [0.5, 0.6) is 0 Å². The van der Waals surface area contributed by atoms with E-state index in [4.69, 9.17) is 0 Å². The fourth-order valence-corrected chi connectivity index (χ4v) is 2.72. The Morgan fingerprint density at radius 2 is 1.48 bits per heavy atom. The van der Waals surface area contributed by atoms with Crippen molar-refractivity contribution in [3.05, 3.63) is 54.1 Å². The van der Waals surface area contributed by atoms with Crippen LogP contribution in [0.3, 0.4) is 0 Å². The summed E-state index contributed by atoms with van der Waals surface area (Å²) in [7, 11) is 0. The zero-order valence-electron chi connectivity index (χ0n) is 12.1. The molecule has 0 amide bonds. The molecule has 0 radical (unpaired) electrons. The van der Waals surface area contributed by atoms with Gasteiger partial charge < -0.3 is 5.32 Å². The summed E-state index contributed by atoms with van der Waals surface area (Å²) in [5.41, 5.74) is 3.37. The lowest BCUT2D eigenvalue weighted by Gasteiger charge is -2.13. The second-order valence-corrected chi connectivity index (χ2v) is 5.87. The van der Waals surface area contributed by atoms with Crippen molar-refractivity contribution in [3.8, 4) is 11.1 Å². The van der Waals surface area contributed by atoms with E-state index in [0.717, 1.165) is 17.7 Å². The van der Waals surface area contributed by atoms with E-state index in [9.17, 15) is 8.78 Å². The van der Waals surface area contributed by atoms with Gasteiger partial charge in [-0.25, -0.2) is 0 Å². The van der Waals surface area contributed by atoms with Gasteiger partial charge in [0, 0.05) is 10.9 Å². The Morgan fingerprint density at radius 3 is 1.95 bits per heavy atom. The molecule has 0 fully saturated rings. The molecule has 0 aliphatic carbocycles. The lowest BCUT2D eigenvalue weighted by molar-refractivity contribution is 0.252. The predicted molar refractivity (Wildman–Crippen MR) is 85.8 cm³/mol. The van der Waals surface area contributed by atoms with Gasteiger partial charge in [0.05, 0.1) is 0 Å². The lowest BCUT2D eigenvalue weighted by atomic mass is 10.0. The Hall–Kier alpha value is -1.39. The first-order valence-electron chi connectivity index (χ1n) is 6.98. The molecular weight excluding hydrogens is 288 g/mol. The summed E-state index contributed by atoms with van der Waals surface area (Å²) in [6.07, 6.45) is 0. The molecule has 21 heavy (non-hydrogen) atoms. The van der Waals surface area contributed by atoms with E-state index in [-0.39, 0.29) is 0 Å². The largest absolute Gasteiger partial charge is 0.310 e. The second kappa shape index (κ2) is 7.57. The standard InChI is InChI=1S/C17H19F2NS/c1-3-20-12(2)13-4-6-14(7-5-13)15-8-10-16(11-9-15)21-17(18)19/h4-12,17,20H,3H2,1-2H3. The highest BCUT2D eigenvalue weighted by molar-refractivity contribution is 7.99. The number of thioether (sulfide) groups is 1. The van der Waals surface area contributed by atoms with Crippen molar-refractivity contribution in [2.45, 2.75) is 30.5 Å². The van der Waals surface area contributed by atoms with Crippen molar-refractivity contribution < 1.29 is 8.78 Å². The molecule has 1 atom stereocenters. The zero-order valence-corrected chi connectivity index (χ0v) is 13.0. The molecule has 0 aliphatic rings. The minimum absolute atomic E-state index is 0.328. The third-order valence-electron chi connectivity index (χ3n) is 3.33. The van der Waals surface area contributed by atoms with E-state index in [1.54, 1.807) is 12.1 Å². The second-order valence-electron chi connectivity index (χ2n) is 4.80. The molecule has 2 aromatic rings. The summed E-state index contributed by atoms with van der Waals surface area (Å²) in [4.78, 5) is 0.589. The van der Waals surface area contributed by atoms with Gasteiger partial charge in [-0.05, 0) is 42.3 Å². The van der Waals surface area contributed by atoms with Crippen LogP contribution in [-0.2, 0) is 0 Å². The van der Waals surface area contributed by atoms with Gasteiger partial charge >= 0.3 is 0 Å². The average Bonchev–Trinajstić information content (AvgIpc) is 2.48. The first-order chi connectivity index (χ1) is 10.1. The molecule has 0 saturated carbocycles. The summed E-state index contributed by atoms with van der Waals surface area (Å²) in [6, 6.07) is 15.9. The van der Waals surface area contributed by atoms with Gasteiger partial charge in [0.25, 0.3) is 5.76 Å². The van der Waals surface area contributed by atoms with Gasteiger partial charge in [-0.3, -0.25) is 0 Å². The number of hydrogen-bond acceptors (Lipinski definition) is 2. The molecule has 0 bridgehead atoms. The molecule has 0 aromatic heterocycles. The number of alkyl halides is 2. The van der Waals surface area contributed by atoms with E-state index in [1.807, 2.05) is 12.1 Å². The Balaban J connectivity index is 2.11. The minimum Gasteiger partial charge on any atom is -0.310 e. The predicted octanol–water partition coefficient (Wildman–Crippen LogP) is 5.34. The first-order valence-corrected chi connectivity index (χ1v) is 7.86. The van der Waals surface area contributed by atoms with Gasteiger partial charge in [0.1, 0.15) is 0 Å². The van der Waals surface area contributed by atoms with Crippen LogP contribution in [0.1, 0.15) is 25.5 Å². The third-order valence-corrected chi connectivity index (χ3v) is 4.06. The molecule has 0 aliphatic heterocycles. The van der Waals surface area contributed by atoms with Crippen LogP contribution in [0.4, 0.5) is 8.78 Å². The topological polar surface area (TPSA) is 12.0 Å². The monoisotopic (exact) mass is 307 g/mol. The first kappa shape index (κ1) is 16.0. The highest BCUT2D eigenvalue weighted by atomic mass is 32.2. The minimum atomic E-state index is -2.37. The maximum Gasteiger partial charge on any atom is 0.288 e. The molecule has 0 saturated heterocycles. The Labute approximate surface area is 128 Å². The number of nitrogens with one attached hydrogen (secondary N) is 1. The molecular formula is C17H19F2NS. The van der Waals surface area contributed by atoms with E-state index in [2.05, 4.69) is 43.4 Å². The fraction of sp³-hybridized carbons (Fsp3) is 0.294. The normalized spacial score (nSPS) is 12.6. The summed E-state index contributed by atoms with van der Waals surface area (Å²) in [5.74, 6) is -2.37. The number of benzene rings is 2. The summed E-state index contributed by atoms with van der Waals surface area (Å²) >= 11 is 0.573. The van der Waals surface area contributed by atoms with Crippen molar-refractivity contribution in [2.24, 2.45) is 0 Å². The molecule has 4 heteroatoms. The van der Waals surface area contributed by atoms with E-state index < -0.39 is 5.76 Å². The summed E-state index contributed by atoms with van der Waals surface area (Å²) < 4.78 is 24.6. The number of rotatable bonds is 6. The van der Waals surface area contributed by atoms with Crippen LogP contribution in [0.25, 0.3) is 11.1 Å². The number of halogens is 2. The SMILES string of the molecule is CCNC(C)c1ccc(-c2ccc(SC(F)F)cc2)cc1. The highest BCUT2D eigenvalue weighted by Gasteiger charge is 2.06. The molecule has 2 rings (SSSR count). The molecule has 1 nitrogen and oxygen atoms in total. The molecule has 1 N–H and O–H groups in total. The highest BCUT2D eigenvalue weighted by Crippen LogP contribution is 2.28. The van der Waals surface area contributed by atoms with Crippen molar-refractivity contribution in [3.63, 3.8) is 0 Å². The summed E-state index contributed by atoms with van der Waals surface area (Å²) in [5, 5.41) is 3.37. The van der Waals surface area contributed by atoms with Crippen molar-refractivity contribution in [2.75, 3.05) is 6.54 Å². The van der Waals surface area contributed by atoms with Crippen molar-refractivity contribution in [1.29, 1.82) is 0 Å². The van der Waals surface area contributed by atoms with E-state index in [1.165, 1.54) is 5.56 Å². The molecule has 2 aromatic carbocycles. The van der Waals surface area contributed by atoms with Gasteiger partial charge in [0.15, 0.2) is 0 Å². The van der Waals surface area contributed by atoms with Crippen LogP contribution in [0, 0.1) is 0 Å². The summed E-state index contributed by atoms with van der Waals surface area (Å²) in [6.45, 7) is 5.16. The molecule has 0 heterocycles. The third kappa shape index (κ3) is 4.55. The quantitative estimate of drug-likeness (QED) is 0.723. The maximum atomic E-state index is 12.3. The Morgan fingerprint density at radius 1 is 0.952 bits per heavy atom. The number of hydrogen-bond donors (Lipinski definition) is 1. The van der Waals surface area contributed by atoms with Crippen molar-refractivity contribution >= 4 is 11.8 Å². The molecule has 1 unspecified atom stereocenters. The van der Waals surface area contributed by atoms with Gasteiger partial charge in [-0.2, -0.15) is 8.78 Å². The van der Waals surface area contributed by atoms with Crippen LogP contribution in [0.15, 0.2) is 53.4 Å². The van der Waals surface area contributed by atoms with Crippen LogP contribution >= 0.6 is 11.8 Å². The maximum absolute atomic E-state index is 12.3. The Bertz CT molecular complexity index is 552. The smallest absolute Gasteiger partial charge is 0.288 e. The average molecular weight is 307 g/mol. The lowest BCUT2D eigenvalue weighted by Crippen LogP contribution is -2.17. The molecule has 112 valence electrons. The van der Waals surface area contributed by atoms with Gasteiger partial charge in [-0.1, -0.05) is 55.1 Å². The Kier molecular flexibility index (Phi) is 5.76. The van der Waals surface area contributed by atoms with E-state index >= 15 is 0 Å². The van der Waals surface area contributed by atoms with Crippen LogP contribution < -0.4 is 5.32 Å². The van der Waals surface area contributed by atoms with E-state index in [0.29, 0.717) is 22.7 Å². The fourth-order valence-electron chi connectivity index (χ4n) is 2.22. The molecule has 0 spiro atoms. The van der Waals surface area contributed by atoms with Crippen LogP contribution in [0.2, 0.25) is 0 Å². The zero-order chi connectivity index (χ0) is 15.2.